The van der Waals surface area contributed by atoms with Crippen molar-refractivity contribution in [3.05, 3.63) is 78.5 Å². The van der Waals surface area contributed by atoms with Gasteiger partial charge in [0.2, 0.25) is 5.91 Å². The van der Waals surface area contributed by atoms with E-state index < -0.39 is 0 Å². The van der Waals surface area contributed by atoms with Crippen LogP contribution in [0, 0.1) is 5.82 Å². The van der Waals surface area contributed by atoms with E-state index in [0.717, 1.165) is 21.7 Å². The normalized spacial score (nSPS) is 10.4. The van der Waals surface area contributed by atoms with Gasteiger partial charge in [0.1, 0.15) is 5.82 Å². The van der Waals surface area contributed by atoms with Gasteiger partial charge < -0.3 is 5.32 Å². The standard InChI is InChI=1S/C19H16FN3OS/c20-16-3-5-17(6-4-16)25-13-19(24)23-11-14-7-9-22-18(10-14)15-2-1-8-21-12-15/h1-10,12H,11,13H2,(H,23,24). The molecule has 0 aliphatic rings. The number of hydrogen-bond donors (Lipinski definition) is 1. The smallest absolute Gasteiger partial charge is 0.230 e. The van der Waals surface area contributed by atoms with Gasteiger partial charge in [-0.05, 0) is 54.1 Å². The highest BCUT2D eigenvalue weighted by atomic mass is 32.2. The van der Waals surface area contributed by atoms with Gasteiger partial charge in [0.25, 0.3) is 0 Å². The third-order valence-electron chi connectivity index (χ3n) is 3.45. The average molecular weight is 353 g/mol. The Hall–Kier alpha value is -2.73. The molecule has 1 amide bonds. The second-order valence-electron chi connectivity index (χ2n) is 5.31. The Morgan fingerprint density at radius 1 is 1.12 bits per heavy atom. The summed E-state index contributed by atoms with van der Waals surface area (Å²) in [4.78, 5) is 21.3. The molecule has 0 spiro atoms. The van der Waals surface area contributed by atoms with E-state index in [9.17, 15) is 9.18 Å². The molecule has 0 aliphatic heterocycles. The molecule has 6 heteroatoms. The van der Waals surface area contributed by atoms with Crippen molar-refractivity contribution in [3.63, 3.8) is 0 Å². The van der Waals surface area contributed by atoms with Gasteiger partial charge >= 0.3 is 0 Å². The van der Waals surface area contributed by atoms with Gasteiger partial charge in [-0.3, -0.25) is 14.8 Å². The SMILES string of the molecule is O=C(CSc1ccc(F)cc1)NCc1ccnc(-c2cccnc2)c1. The molecule has 0 radical (unpaired) electrons. The lowest BCUT2D eigenvalue weighted by Crippen LogP contribution is -2.24. The summed E-state index contributed by atoms with van der Waals surface area (Å²) in [5, 5.41) is 2.88. The van der Waals surface area contributed by atoms with Crippen LogP contribution in [0.15, 0.2) is 72.0 Å². The Bertz CT molecular complexity index is 841. The van der Waals surface area contributed by atoms with Crippen LogP contribution in [-0.2, 0) is 11.3 Å². The molecule has 0 saturated carbocycles. The largest absolute Gasteiger partial charge is 0.351 e. The number of nitrogens with zero attached hydrogens (tertiary/aromatic N) is 2. The Balaban J connectivity index is 1.53. The van der Waals surface area contributed by atoms with E-state index in [2.05, 4.69) is 15.3 Å². The molecule has 25 heavy (non-hydrogen) atoms. The summed E-state index contributed by atoms with van der Waals surface area (Å²) >= 11 is 1.37. The molecular weight excluding hydrogens is 337 g/mol. The van der Waals surface area contributed by atoms with Crippen molar-refractivity contribution >= 4 is 17.7 Å². The Kier molecular flexibility index (Phi) is 5.74. The summed E-state index contributed by atoms with van der Waals surface area (Å²) < 4.78 is 12.9. The van der Waals surface area contributed by atoms with Crippen molar-refractivity contribution < 1.29 is 9.18 Å². The van der Waals surface area contributed by atoms with Crippen LogP contribution in [0.3, 0.4) is 0 Å². The number of carbonyl (C=O) groups is 1. The number of halogens is 1. The zero-order chi connectivity index (χ0) is 17.5. The van der Waals surface area contributed by atoms with Gasteiger partial charge in [-0.15, -0.1) is 11.8 Å². The number of rotatable bonds is 6. The third-order valence-corrected chi connectivity index (χ3v) is 4.47. The maximum absolute atomic E-state index is 12.9. The first-order valence-corrected chi connectivity index (χ1v) is 8.70. The summed E-state index contributed by atoms with van der Waals surface area (Å²) in [6, 6.07) is 13.7. The van der Waals surface area contributed by atoms with Gasteiger partial charge in [0.05, 0.1) is 11.4 Å². The Labute approximate surface area is 149 Å². The minimum atomic E-state index is -0.282. The molecule has 0 saturated heterocycles. The van der Waals surface area contributed by atoms with Gasteiger partial charge in [0, 0.05) is 35.6 Å². The van der Waals surface area contributed by atoms with Crippen LogP contribution >= 0.6 is 11.8 Å². The molecule has 3 rings (SSSR count). The van der Waals surface area contributed by atoms with E-state index in [1.807, 2.05) is 24.3 Å². The fourth-order valence-electron chi connectivity index (χ4n) is 2.19. The van der Waals surface area contributed by atoms with Crippen LogP contribution in [0.2, 0.25) is 0 Å². The van der Waals surface area contributed by atoms with E-state index in [-0.39, 0.29) is 17.5 Å². The second kappa shape index (κ2) is 8.39. The maximum Gasteiger partial charge on any atom is 0.230 e. The number of aromatic nitrogens is 2. The van der Waals surface area contributed by atoms with Gasteiger partial charge in [0.15, 0.2) is 0 Å². The van der Waals surface area contributed by atoms with Crippen LogP contribution in [0.4, 0.5) is 4.39 Å². The summed E-state index contributed by atoms with van der Waals surface area (Å²) in [6.07, 6.45) is 5.19. The second-order valence-corrected chi connectivity index (χ2v) is 6.36. The molecule has 4 nitrogen and oxygen atoms in total. The Morgan fingerprint density at radius 2 is 1.96 bits per heavy atom. The molecule has 0 bridgehead atoms. The van der Waals surface area contributed by atoms with Crippen LogP contribution in [0.1, 0.15) is 5.56 Å². The number of thioether (sulfide) groups is 1. The zero-order valence-electron chi connectivity index (χ0n) is 13.4. The molecule has 2 heterocycles. The predicted molar refractivity (Wildman–Crippen MR) is 96.4 cm³/mol. The minimum absolute atomic E-state index is 0.0749. The van der Waals surface area contributed by atoms with Crippen molar-refractivity contribution in [2.45, 2.75) is 11.4 Å². The molecule has 0 fully saturated rings. The van der Waals surface area contributed by atoms with Crippen molar-refractivity contribution in [2.24, 2.45) is 0 Å². The van der Waals surface area contributed by atoms with Gasteiger partial charge in [-0.1, -0.05) is 0 Å². The van der Waals surface area contributed by atoms with Crippen LogP contribution in [0.25, 0.3) is 11.3 Å². The summed E-state index contributed by atoms with van der Waals surface area (Å²) in [6.45, 7) is 0.429. The number of amides is 1. The lowest BCUT2D eigenvalue weighted by Gasteiger charge is -2.07. The van der Waals surface area contributed by atoms with Crippen LogP contribution in [0.5, 0.6) is 0 Å². The first-order chi connectivity index (χ1) is 12.2. The average Bonchev–Trinajstić information content (AvgIpc) is 2.67. The molecule has 126 valence electrons. The molecule has 0 unspecified atom stereocenters. The molecule has 0 aliphatic carbocycles. The van der Waals surface area contributed by atoms with Crippen LogP contribution < -0.4 is 5.32 Å². The number of hydrogen-bond acceptors (Lipinski definition) is 4. The highest BCUT2D eigenvalue weighted by molar-refractivity contribution is 8.00. The lowest BCUT2D eigenvalue weighted by molar-refractivity contribution is -0.118. The fourth-order valence-corrected chi connectivity index (χ4v) is 2.92. The fraction of sp³-hybridized carbons (Fsp3) is 0.105. The molecule has 3 aromatic rings. The quantitative estimate of drug-likeness (QED) is 0.687. The number of nitrogens with one attached hydrogen (secondary N) is 1. The lowest BCUT2D eigenvalue weighted by atomic mass is 10.1. The first-order valence-electron chi connectivity index (χ1n) is 7.71. The Morgan fingerprint density at radius 3 is 2.72 bits per heavy atom. The van der Waals surface area contributed by atoms with Crippen molar-refractivity contribution in [2.75, 3.05) is 5.75 Å². The molecule has 1 N–H and O–H groups in total. The molecular formula is C19H16FN3OS. The zero-order valence-corrected chi connectivity index (χ0v) is 14.2. The van der Waals surface area contributed by atoms with E-state index in [1.54, 1.807) is 30.7 Å². The van der Waals surface area contributed by atoms with E-state index >= 15 is 0 Å². The van der Waals surface area contributed by atoms with E-state index in [4.69, 9.17) is 0 Å². The third kappa shape index (κ3) is 5.12. The van der Waals surface area contributed by atoms with Crippen molar-refractivity contribution in [3.8, 4) is 11.3 Å². The van der Waals surface area contributed by atoms with Crippen LogP contribution in [-0.4, -0.2) is 21.6 Å². The number of pyridine rings is 2. The summed E-state index contributed by atoms with van der Waals surface area (Å²) in [5.41, 5.74) is 2.72. The summed E-state index contributed by atoms with van der Waals surface area (Å²) in [7, 11) is 0. The van der Waals surface area contributed by atoms with Gasteiger partial charge in [-0.2, -0.15) is 0 Å². The van der Waals surface area contributed by atoms with Crippen molar-refractivity contribution in [1.82, 2.24) is 15.3 Å². The first kappa shape index (κ1) is 17.1. The molecule has 1 aromatic carbocycles. The predicted octanol–water partition coefficient (Wildman–Crippen LogP) is 3.69. The molecule has 2 aromatic heterocycles. The molecule has 0 atom stereocenters. The highest BCUT2D eigenvalue weighted by Gasteiger charge is 2.05. The highest BCUT2D eigenvalue weighted by Crippen LogP contribution is 2.18. The summed E-state index contributed by atoms with van der Waals surface area (Å²) in [5.74, 6) is -0.0726. The van der Waals surface area contributed by atoms with Crippen molar-refractivity contribution in [1.29, 1.82) is 0 Å². The van der Waals surface area contributed by atoms with E-state index in [1.165, 1.54) is 23.9 Å². The minimum Gasteiger partial charge on any atom is -0.351 e. The van der Waals surface area contributed by atoms with E-state index in [0.29, 0.717) is 6.54 Å². The van der Waals surface area contributed by atoms with Gasteiger partial charge in [-0.25, -0.2) is 4.39 Å². The maximum atomic E-state index is 12.9. The number of carbonyl (C=O) groups excluding carboxylic acids is 1. The monoisotopic (exact) mass is 353 g/mol. The number of benzene rings is 1. The topological polar surface area (TPSA) is 54.9 Å².